The Bertz CT molecular complexity index is 807. The maximum Gasteiger partial charge on any atom is 0.244 e. The molecule has 0 spiro atoms. The zero-order chi connectivity index (χ0) is 19.3. The number of rotatable bonds is 6. The summed E-state index contributed by atoms with van der Waals surface area (Å²) in [5.41, 5.74) is 0.901. The monoisotopic (exact) mass is 396 g/mol. The van der Waals surface area contributed by atoms with Crippen LogP contribution in [0.1, 0.15) is 6.92 Å². The van der Waals surface area contributed by atoms with Gasteiger partial charge in [-0.15, -0.1) is 0 Å². The van der Waals surface area contributed by atoms with E-state index in [1.165, 1.54) is 26.0 Å². The third kappa shape index (κ3) is 5.03. The van der Waals surface area contributed by atoms with Gasteiger partial charge in [0, 0.05) is 28.7 Å². The van der Waals surface area contributed by atoms with Gasteiger partial charge in [0.2, 0.25) is 11.8 Å². The number of carbonyl (C=O) groups excluding carboxylic acids is 2. The summed E-state index contributed by atoms with van der Waals surface area (Å²) in [5, 5.41) is 3.46. The van der Waals surface area contributed by atoms with Crippen LogP contribution in [0.5, 0.6) is 11.5 Å². The fourth-order valence-electron chi connectivity index (χ4n) is 2.31. The highest BCUT2D eigenvalue weighted by Gasteiger charge is 2.18. The predicted octanol–water partition coefficient (Wildman–Crippen LogP) is 4.00. The van der Waals surface area contributed by atoms with Gasteiger partial charge in [-0.1, -0.05) is 23.2 Å². The molecule has 8 heteroatoms. The number of halogens is 2. The number of amides is 2. The zero-order valence-corrected chi connectivity index (χ0v) is 16.0. The van der Waals surface area contributed by atoms with E-state index in [4.69, 9.17) is 32.7 Å². The number of hydrogen-bond donors (Lipinski definition) is 1. The number of hydrogen-bond acceptors (Lipinski definition) is 4. The molecule has 0 aromatic heterocycles. The Morgan fingerprint density at radius 2 is 1.69 bits per heavy atom. The third-order valence-corrected chi connectivity index (χ3v) is 3.96. The van der Waals surface area contributed by atoms with Crippen LogP contribution < -0.4 is 19.7 Å². The summed E-state index contributed by atoms with van der Waals surface area (Å²) >= 11 is 12.0. The van der Waals surface area contributed by atoms with E-state index in [2.05, 4.69) is 5.32 Å². The average Bonchev–Trinajstić information content (AvgIpc) is 2.58. The van der Waals surface area contributed by atoms with E-state index in [-0.39, 0.29) is 12.5 Å². The van der Waals surface area contributed by atoms with Gasteiger partial charge in [-0.2, -0.15) is 0 Å². The van der Waals surface area contributed by atoms with Crippen molar-refractivity contribution in [2.45, 2.75) is 6.92 Å². The topological polar surface area (TPSA) is 67.9 Å². The summed E-state index contributed by atoms with van der Waals surface area (Å²) in [7, 11) is 3.02. The van der Waals surface area contributed by atoms with Crippen molar-refractivity contribution in [1.82, 2.24) is 0 Å². The number of anilines is 2. The number of ether oxygens (including phenoxy) is 2. The van der Waals surface area contributed by atoms with E-state index < -0.39 is 5.91 Å². The fraction of sp³-hybridized carbons (Fsp3) is 0.222. The Labute approximate surface area is 161 Å². The molecule has 2 rings (SSSR count). The molecule has 26 heavy (non-hydrogen) atoms. The van der Waals surface area contributed by atoms with Crippen LogP contribution in [0.15, 0.2) is 36.4 Å². The van der Waals surface area contributed by atoms with E-state index in [1.54, 1.807) is 36.4 Å². The van der Waals surface area contributed by atoms with Crippen LogP contribution in [-0.2, 0) is 9.59 Å². The van der Waals surface area contributed by atoms with Crippen molar-refractivity contribution in [1.29, 1.82) is 0 Å². The molecule has 1 N–H and O–H groups in total. The summed E-state index contributed by atoms with van der Waals surface area (Å²) in [5.74, 6) is 0.316. The molecule has 0 aliphatic heterocycles. The Morgan fingerprint density at radius 3 is 2.23 bits per heavy atom. The molecule has 0 radical (unpaired) electrons. The van der Waals surface area contributed by atoms with Crippen LogP contribution in [0.2, 0.25) is 10.0 Å². The molecule has 2 amide bonds. The van der Waals surface area contributed by atoms with Gasteiger partial charge in [0.15, 0.2) is 0 Å². The van der Waals surface area contributed by atoms with Gasteiger partial charge in [-0.3, -0.25) is 9.59 Å². The second-order valence-electron chi connectivity index (χ2n) is 5.35. The summed E-state index contributed by atoms with van der Waals surface area (Å²) in [4.78, 5) is 25.7. The highest BCUT2D eigenvalue weighted by Crippen LogP contribution is 2.29. The summed E-state index contributed by atoms with van der Waals surface area (Å²) < 4.78 is 10.4. The predicted molar refractivity (Wildman–Crippen MR) is 103 cm³/mol. The number of nitrogens with one attached hydrogen (secondary N) is 1. The van der Waals surface area contributed by atoms with E-state index >= 15 is 0 Å². The third-order valence-electron chi connectivity index (χ3n) is 3.52. The van der Waals surface area contributed by atoms with E-state index in [1.807, 2.05) is 0 Å². The summed E-state index contributed by atoms with van der Waals surface area (Å²) in [6.45, 7) is 1.15. The SMILES string of the molecule is COc1ccc(NC(=O)CN(C(C)=O)c2cc(Cl)cc(Cl)c2)c(OC)c1. The molecule has 2 aromatic carbocycles. The van der Waals surface area contributed by atoms with Gasteiger partial charge in [0.25, 0.3) is 0 Å². The van der Waals surface area contributed by atoms with Crippen molar-refractivity contribution in [2.75, 3.05) is 31.0 Å². The van der Waals surface area contributed by atoms with E-state index in [0.29, 0.717) is 32.9 Å². The average molecular weight is 397 g/mol. The smallest absolute Gasteiger partial charge is 0.244 e. The molecular weight excluding hydrogens is 379 g/mol. The van der Waals surface area contributed by atoms with Crippen LogP contribution >= 0.6 is 23.2 Å². The number of methoxy groups -OCH3 is 2. The Kier molecular flexibility index (Phi) is 6.71. The Hall–Kier alpha value is -2.44. The summed E-state index contributed by atoms with van der Waals surface area (Å²) in [6.07, 6.45) is 0. The van der Waals surface area contributed by atoms with Gasteiger partial charge in [0.05, 0.1) is 19.9 Å². The first-order valence-electron chi connectivity index (χ1n) is 7.60. The first-order chi connectivity index (χ1) is 12.3. The largest absolute Gasteiger partial charge is 0.497 e. The molecule has 2 aromatic rings. The van der Waals surface area contributed by atoms with Gasteiger partial charge < -0.3 is 19.7 Å². The summed E-state index contributed by atoms with van der Waals surface area (Å²) in [6, 6.07) is 9.68. The first kappa shape index (κ1) is 19.9. The lowest BCUT2D eigenvalue weighted by Gasteiger charge is -2.21. The zero-order valence-electron chi connectivity index (χ0n) is 14.5. The normalized spacial score (nSPS) is 10.2. The van der Waals surface area contributed by atoms with Crippen LogP contribution in [-0.4, -0.2) is 32.6 Å². The Morgan fingerprint density at radius 1 is 1.04 bits per heavy atom. The molecule has 0 saturated heterocycles. The standard InChI is InChI=1S/C18H18Cl2N2O4/c1-11(23)22(14-7-12(19)6-13(20)8-14)10-18(24)21-16-5-4-15(25-2)9-17(16)26-3/h4-9H,10H2,1-3H3,(H,21,24). The lowest BCUT2D eigenvalue weighted by atomic mass is 10.2. The van der Waals surface area contributed by atoms with Crippen molar-refractivity contribution in [3.63, 3.8) is 0 Å². The van der Waals surface area contributed by atoms with Gasteiger partial charge in [0.1, 0.15) is 18.0 Å². The van der Waals surface area contributed by atoms with Gasteiger partial charge in [-0.05, 0) is 30.3 Å². The highest BCUT2D eigenvalue weighted by molar-refractivity contribution is 6.35. The molecule has 6 nitrogen and oxygen atoms in total. The van der Waals surface area contributed by atoms with E-state index in [9.17, 15) is 9.59 Å². The number of benzene rings is 2. The van der Waals surface area contributed by atoms with Gasteiger partial charge in [-0.25, -0.2) is 0 Å². The van der Waals surface area contributed by atoms with E-state index in [0.717, 1.165) is 0 Å². The van der Waals surface area contributed by atoms with Crippen molar-refractivity contribution >= 4 is 46.4 Å². The van der Waals surface area contributed by atoms with Crippen molar-refractivity contribution in [2.24, 2.45) is 0 Å². The number of carbonyl (C=O) groups is 2. The Balaban J connectivity index is 2.19. The molecule has 0 atom stereocenters. The number of nitrogens with zero attached hydrogens (tertiary/aromatic N) is 1. The van der Waals surface area contributed by atoms with Crippen molar-refractivity contribution in [3.8, 4) is 11.5 Å². The second kappa shape index (κ2) is 8.78. The maximum absolute atomic E-state index is 12.4. The second-order valence-corrected chi connectivity index (χ2v) is 6.22. The van der Waals surface area contributed by atoms with Gasteiger partial charge >= 0.3 is 0 Å². The molecule has 0 fully saturated rings. The minimum absolute atomic E-state index is 0.207. The first-order valence-corrected chi connectivity index (χ1v) is 8.35. The minimum atomic E-state index is -0.403. The van der Waals surface area contributed by atoms with Crippen LogP contribution in [0, 0.1) is 0 Å². The van der Waals surface area contributed by atoms with Crippen LogP contribution in [0.4, 0.5) is 11.4 Å². The van der Waals surface area contributed by atoms with Crippen molar-refractivity contribution < 1.29 is 19.1 Å². The lowest BCUT2D eigenvalue weighted by Crippen LogP contribution is -2.36. The lowest BCUT2D eigenvalue weighted by molar-refractivity contribution is -0.120. The minimum Gasteiger partial charge on any atom is -0.497 e. The fourth-order valence-corrected chi connectivity index (χ4v) is 2.83. The molecular formula is C18H18Cl2N2O4. The molecule has 138 valence electrons. The molecule has 0 aliphatic rings. The van der Waals surface area contributed by atoms with Crippen LogP contribution in [0.25, 0.3) is 0 Å². The maximum atomic E-state index is 12.4. The highest BCUT2D eigenvalue weighted by atomic mass is 35.5. The quantitative estimate of drug-likeness (QED) is 0.800. The molecule has 0 saturated carbocycles. The van der Waals surface area contributed by atoms with Crippen molar-refractivity contribution in [3.05, 3.63) is 46.4 Å². The molecule has 0 aliphatic carbocycles. The molecule has 0 unspecified atom stereocenters. The molecule has 0 heterocycles. The van der Waals surface area contributed by atoms with Crippen LogP contribution in [0.3, 0.4) is 0 Å². The molecule has 0 bridgehead atoms.